The molecule has 1 aromatic heterocycles. The fourth-order valence-corrected chi connectivity index (χ4v) is 1.54. The van der Waals surface area contributed by atoms with Crippen molar-refractivity contribution >= 4 is 17.6 Å². The third kappa shape index (κ3) is 3.88. The van der Waals surface area contributed by atoms with Gasteiger partial charge in [-0.05, 0) is 32.0 Å². The third-order valence-corrected chi connectivity index (χ3v) is 2.57. The lowest BCUT2D eigenvalue weighted by Crippen LogP contribution is -2.29. The van der Waals surface area contributed by atoms with Gasteiger partial charge in [0.2, 0.25) is 5.76 Å². The SMILES string of the molecule is Cc1cc(C(=O)O[C@H](C)C(=O)Nc2cccc(F)c2)on1. The van der Waals surface area contributed by atoms with Crippen molar-refractivity contribution in [1.82, 2.24) is 5.16 Å². The van der Waals surface area contributed by atoms with Crippen LogP contribution in [0.1, 0.15) is 23.2 Å². The molecule has 2 rings (SSSR count). The lowest BCUT2D eigenvalue weighted by atomic mass is 10.3. The molecule has 0 aliphatic heterocycles. The van der Waals surface area contributed by atoms with Gasteiger partial charge in [-0.2, -0.15) is 0 Å². The zero-order valence-electron chi connectivity index (χ0n) is 11.4. The maximum Gasteiger partial charge on any atom is 0.377 e. The first-order chi connectivity index (χ1) is 9.95. The minimum atomic E-state index is -1.06. The van der Waals surface area contributed by atoms with Crippen LogP contribution in [0.4, 0.5) is 10.1 Å². The number of nitrogens with zero attached hydrogens (tertiary/aromatic N) is 1. The molecule has 21 heavy (non-hydrogen) atoms. The summed E-state index contributed by atoms with van der Waals surface area (Å²) in [7, 11) is 0. The van der Waals surface area contributed by atoms with Gasteiger partial charge in [-0.15, -0.1) is 0 Å². The smallest absolute Gasteiger partial charge is 0.377 e. The molecule has 6 nitrogen and oxygen atoms in total. The summed E-state index contributed by atoms with van der Waals surface area (Å²) in [5.74, 6) is -1.94. The van der Waals surface area contributed by atoms with E-state index in [0.29, 0.717) is 5.69 Å². The van der Waals surface area contributed by atoms with Gasteiger partial charge in [0.25, 0.3) is 5.91 Å². The summed E-state index contributed by atoms with van der Waals surface area (Å²) in [6.07, 6.45) is -1.06. The number of aryl methyl sites for hydroxylation is 1. The molecule has 1 atom stereocenters. The van der Waals surface area contributed by atoms with Gasteiger partial charge in [0.05, 0.1) is 5.69 Å². The lowest BCUT2D eigenvalue weighted by Gasteiger charge is -2.12. The molecule has 0 aliphatic carbocycles. The van der Waals surface area contributed by atoms with Crippen molar-refractivity contribution in [3.8, 4) is 0 Å². The summed E-state index contributed by atoms with van der Waals surface area (Å²) >= 11 is 0. The van der Waals surface area contributed by atoms with Crippen LogP contribution in [0, 0.1) is 12.7 Å². The monoisotopic (exact) mass is 292 g/mol. The number of ether oxygens (including phenoxy) is 1. The molecule has 1 aromatic carbocycles. The van der Waals surface area contributed by atoms with Crippen LogP contribution < -0.4 is 5.32 Å². The maximum atomic E-state index is 13.0. The van der Waals surface area contributed by atoms with Gasteiger partial charge in [-0.3, -0.25) is 4.79 Å². The molecule has 1 amide bonds. The molecule has 0 radical (unpaired) electrons. The number of amides is 1. The second kappa shape index (κ2) is 6.17. The van der Waals surface area contributed by atoms with Crippen molar-refractivity contribution in [2.75, 3.05) is 5.32 Å². The molecular formula is C14H13FN2O4. The van der Waals surface area contributed by atoms with E-state index in [4.69, 9.17) is 9.26 Å². The Morgan fingerprint density at radius 1 is 1.38 bits per heavy atom. The van der Waals surface area contributed by atoms with Gasteiger partial charge in [-0.1, -0.05) is 11.2 Å². The zero-order chi connectivity index (χ0) is 15.4. The van der Waals surface area contributed by atoms with Crippen LogP contribution in [0.15, 0.2) is 34.9 Å². The summed E-state index contributed by atoms with van der Waals surface area (Å²) in [4.78, 5) is 23.5. The molecule has 1 N–H and O–H groups in total. The number of hydrogen-bond donors (Lipinski definition) is 1. The van der Waals surface area contributed by atoms with E-state index in [2.05, 4.69) is 10.5 Å². The fourth-order valence-electron chi connectivity index (χ4n) is 1.54. The molecule has 0 fully saturated rings. The van der Waals surface area contributed by atoms with E-state index in [9.17, 15) is 14.0 Å². The number of carbonyl (C=O) groups excluding carboxylic acids is 2. The van der Waals surface area contributed by atoms with Gasteiger partial charge in [-0.25, -0.2) is 9.18 Å². The molecule has 0 saturated heterocycles. The number of benzene rings is 1. The summed E-state index contributed by atoms with van der Waals surface area (Å²) in [6, 6.07) is 6.80. The van der Waals surface area contributed by atoms with Crippen LogP contribution in [0.25, 0.3) is 0 Å². The molecular weight excluding hydrogens is 279 g/mol. The van der Waals surface area contributed by atoms with Gasteiger partial charge < -0.3 is 14.6 Å². The predicted molar refractivity (Wildman–Crippen MR) is 71.1 cm³/mol. The standard InChI is InChI=1S/C14H13FN2O4/c1-8-6-12(21-17-8)14(19)20-9(2)13(18)16-11-5-3-4-10(15)7-11/h3-7,9H,1-2H3,(H,16,18)/t9-/m1/s1. The van der Waals surface area contributed by atoms with Crippen LogP contribution >= 0.6 is 0 Å². The van der Waals surface area contributed by atoms with Crippen molar-refractivity contribution in [1.29, 1.82) is 0 Å². The Morgan fingerprint density at radius 3 is 2.76 bits per heavy atom. The quantitative estimate of drug-likeness (QED) is 0.874. The van der Waals surface area contributed by atoms with Gasteiger partial charge in [0.15, 0.2) is 6.10 Å². The largest absolute Gasteiger partial charge is 0.447 e. The minimum Gasteiger partial charge on any atom is -0.447 e. The van der Waals surface area contributed by atoms with Crippen molar-refractivity contribution < 1.29 is 23.2 Å². The summed E-state index contributed by atoms with van der Waals surface area (Å²) < 4.78 is 22.7. The van der Waals surface area contributed by atoms with E-state index in [0.717, 1.165) is 6.07 Å². The van der Waals surface area contributed by atoms with E-state index in [-0.39, 0.29) is 11.4 Å². The average Bonchev–Trinajstić information content (AvgIpc) is 2.85. The molecule has 0 unspecified atom stereocenters. The highest BCUT2D eigenvalue weighted by Crippen LogP contribution is 2.11. The Morgan fingerprint density at radius 2 is 2.14 bits per heavy atom. The Bertz CT molecular complexity index is 668. The van der Waals surface area contributed by atoms with Gasteiger partial charge in [0.1, 0.15) is 5.82 Å². The number of esters is 1. The Kier molecular flexibility index (Phi) is 4.32. The van der Waals surface area contributed by atoms with E-state index < -0.39 is 23.8 Å². The van der Waals surface area contributed by atoms with Crippen LogP contribution in [0.5, 0.6) is 0 Å². The Hall–Kier alpha value is -2.70. The van der Waals surface area contributed by atoms with Crippen molar-refractivity contribution in [3.63, 3.8) is 0 Å². The van der Waals surface area contributed by atoms with Gasteiger partial charge in [0, 0.05) is 11.8 Å². The summed E-state index contributed by atoms with van der Waals surface area (Å²) in [6.45, 7) is 3.05. The first kappa shape index (κ1) is 14.7. The van der Waals surface area contributed by atoms with E-state index >= 15 is 0 Å². The second-order valence-corrected chi connectivity index (χ2v) is 4.38. The van der Waals surface area contributed by atoms with E-state index in [1.165, 1.54) is 31.2 Å². The number of anilines is 1. The molecule has 0 bridgehead atoms. The number of rotatable bonds is 4. The Labute approximate surface area is 119 Å². The summed E-state index contributed by atoms with van der Waals surface area (Å²) in [5, 5.41) is 5.99. The van der Waals surface area contributed by atoms with Crippen molar-refractivity contribution in [2.24, 2.45) is 0 Å². The fraction of sp³-hybridized carbons (Fsp3) is 0.214. The van der Waals surface area contributed by atoms with E-state index in [1.807, 2.05) is 0 Å². The number of nitrogens with one attached hydrogen (secondary N) is 1. The van der Waals surface area contributed by atoms with Crippen LogP contribution in [-0.4, -0.2) is 23.1 Å². The van der Waals surface area contributed by atoms with Crippen LogP contribution in [0.2, 0.25) is 0 Å². The average molecular weight is 292 g/mol. The maximum absolute atomic E-state index is 13.0. The normalized spacial score (nSPS) is 11.8. The second-order valence-electron chi connectivity index (χ2n) is 4.38. The number of carbonyl (C=O) groups is 2. The first-order valence-electron chi connectivity index (χ1n) is 6.16. The van der Waals surface area contributed by atoms with Crippen molar-refractivity contribution in [2.45, 2.75) is 20.0 Å². The Balaban J connectivity index is 1.95. The highest BCUT2D eigenvalue weighted by atomic mass is 19.1. The van der Waals surface area contributed by atoms with E-state index in [1.54, 1.807) is 6.92 Å². The lowest BCUT2D eigenvalue weighted by molar-refractivity contribution is -0.123. The highest BCUT2D eigenvalue weighted by molar-refractivity contribution is 5.96. The topological polar surface area (TPSA) is 81.4 Å². The van der Waals surface area contributed by atoms with Gasteiger partial charge >= 0.3 is 5.97 Å². The van der Waals surface area contributed by atoms with Crippen molar-refractivity contribution in [3.05, 3.63) is 47.6 Å². The number of halogens is 1. The molecule has 0 aliphatic rings. The highest BCUT2D eigenvalue weighted by Gasteiger charge is 2.21. The minimum absolute atomic E-state index is 0.0853. The van der Waals surface area contributed by atoms with Crippen LogP contribution in [-0.2, 0) is 9.53 Å². The molecule has 1 heterocycles. The molecule has 2 aromatic rings. The zero-order valence-corrected chi connectivity index (χ0v) is 11.4. The number of aromatic nitrogens is 1. The number of hydrogen-bond acceptors (Lipinski definition) is 5. The van der Waals surface area contributed by atoms with Crippen LogP contribution in [0.3, 0.4) is 0 Å². The molecule has 0 spiro atoms. The third-order valence-electron chi connectivity index (χ3n) is 2.57. The first-order valence-corrected chi connectivity index (χ1v) is 6.16. The molecule has 7 heteroatoms. The predicted octanol–water partition coefficient (Wildman–Crippen LogP) is 2.31. The molecule has 110 valence electrons. The molecule has 0 saturated carbocycles. The summed E-state index contributed by atoms with van der Waals surface area (Å²) in [5.41, 5.74) is 0.803.